The summed E-state index contributed by atoms with van der Waals surface area (Å²) >= 11 is 0. The van der Waals surface area contributed by atoms with Crippen molar-refractivity contribution in [3.05, 3.63) is 128 Å². The number of nitrogens with one attached hydrogen (secondary N) is 2. The fourth-order valence-corrected chi connectivity index (χ4v) is 16.1. The van der Waals surface area contributed by atoms with Crippen LogP contribution in [-0.2, 0) is 56.8 Å². The number of carbonyl (C=O) groups excluding carboxylic acids is 2. The molecule has 0 aliphatic carbocycles. The number of dihydropyridines is 1. The van der Waals surface area contributed by atoms with Gasteiger partial charge in [0.1, 0.15) is 114 Å². The minimum absolute atomic E-state index is 0.0157. The molecule has 0 saturated carbocycles. The maximum absolute atomic E-state index is 14.6. The standard InChI is InChI=1S/C15H23FN4O3.C15H22N4O5.C15H21N3O5.3C14H22N2O5/c1-7(2)22-8(3)13-12(21)10(16)15(23-13)20-6-19-11-9(17)4-5-18-14(11)20;1-7(2)23-5-9-11(20)15(4,22)14(24-9)19-6-16-10-12(19)17-8(3)18-13(10)21;1-8(2)22-6-10-12(20)15(3,21)14(23-10)18-7-17-11-9(19)4-5-16-13(11)18;2*1-8(2)20-7-10-11(17)14(4,19)12(21-10)16-6-5-9(3)15-13(16)18;1-7(2)20-9(4)12-10(17)11(18)13(21-12)16-6-5-8(3)15-14(16)19/h4-8,10-15,21H,17H2,1-3H3;6-7,9,11,14,20,22H,5H2,1-4H3,(H,17,18,21);5,7-8,10,12,14,20-21H,4,6H2,1-3H3;5-6,8,10-12,17,19H,7H2,1-4H3;5-6,8,10-12,17,19H,3,7H2,1-2,4H3,(H,15,18);5-7,9-13,17-18H,1-4H3/t8?,10-,11?,12+,13-,14?,15-;9-,11-,14-,15-;10-,12-,14-,15-;2*10-,11-,12-,14-;9?,10-,11-,12+,13+/m111110/s1. The average molecular weight is 1880 g/mol. The van der Waals surface area contributed by atoms with Crippen LogP contribution in [0.15, 0.2) is 103 Å². The molecule has 0 radical (unpaired) electrons. The van der Waals surface area contributed by atoms with Crippen LogP contribution in [0.4, 0.5) is 15.0 Å². The number of hydrogen-bond donors (Lipinski definition) is 14. The van der Waals surface area contributed by atoms with Gasteiger partial charge in [0.15, 0.2) is 78.2 Å². The number of halogens is 1. The maximum Gasteiger partial charge on any atom is 0.349 e. The predicted molar refractivity (Wildman–Crippen MR) is 474 cm³/mol. The molecule has 28 atom stereocenters. The van der Waals surface area contributed by atoms with Crippen molar-refractivity contribution in [1.29, 1.82) is 0 Å². The van der Waals surface area contributed by atoms with Crippen molar-refractivity contribution < 1.29 is 127 Å². The summed E-state index contributed by atoms with van der Waals surface area (Å²) in [6.07, 6.45) is -5.92. The highest BCUT2D eigenvalue weighted by molar-refractivity contribution is 6.08. The number of aromatic amines is 1. The highest BCUT2D eigenvalue weighted by Gasteiger charge is 2.60. The van der Waals surface area contributed by atoms with Crippen molar-refractivity contribution >= 4 is 47.6 Å². The Kier molecular flexibility index (Phi) is 35.2. The molecule has 15 rings (SSSR count). The fraction of sp³-hybridized carbons (Fsp3) is 0.690. The zero-order valence-electron chi connectivity index (χ0n) is 78.6. The number of fused-ring (bicyclic) bond motifs is 3. The van der Waals surface area contributed by atoms with Gasteiger partial charge in [-0.1, -0.05) is 6.58 Å². The number of imidazole rings is 2. The Bertz CT molecular complexity index is 5130. The molecule has 5 aromatic heterocycles. The van der Waals surface area contributed by atoms with Crippen LogP contribution in [0.2, 0.25) is 0 Å². The predicted octanol–water partition coefficient (Wildman–Crippen LogP) is 0.929. The molecule has 0 spiro atoms. The molecule has 10 aliphatic heterocycles. The largest absolute Gasteiger partial charge is 0.400 e. The Hall–Kier alpha value is -8.90. The Morgan fingerprint density at radius 2 is 1.00 bits per heavy atom. The van der Waals surface area contributed by atoms with Gasteiger partial charge >= 0.3 is 17.4 Å². The second-order valence-corrected chi connectivity index (χ2v) is 36.5. The SMILES string of the molecule is C=C1C=CN([C@@H]2O[C@H](COC(C)C)[C@@H](O)[C@@]2(C)O)C(=O)N1.CC(C)OC(C)[C@H]1O[C@@H](N2C=NC3C(N)=CC=NC32)[C@H](F)[C@@H]1O.CC(C)OC[C@H]1O[C@@H](n2cnc3c2N=CCC3=O)[C@](C)(O)[C@@H]1O.Cc1ccn([C@@H]2O[C@H](C(C)OC(C)C)[C@@H](O)[C@@H]2O)c(=O)n1.Cc1ccn([C@@H]2O[C@H](COC(C)C)[C@@H](O)[C@@]2(C)O)c(=O)n1.Cc1nc2c(ncn2[C@@H]2O[C@H](COC(C)C)[C@@H](O)[C@@]2(C)O)c(=O)[nH]1. The summed E-state index contributed by atoms with van der Waals surface area (Å²) in [5.74, 6) is 0.628. The summed E-state index contributed by atoms with van der Waals surface area (Å²) in [6.45, 7) is 41.1. The molecule has 6 saturated heterocycles. The second kappa shape index (κ2) is 44.1. The molecule has 4 unspecified atom stereocenters. The lowest BCUT2D eigenvalue weighted by Gasteiger charge is -2.35. The van der Waals surface area contributed by atoms with Gasteiger partial charge in [0.25, 0.3) is 5.56 Å². The first-order chi connectivity index (χ1) is 62.2. The van der Waals surface area contributed by atoms with E-state index in [-0.39, 0.29) is 98.1 Å². The lowest BCUT2D eigenvalue weighted by atomic mass is 9.96. The third-order valence-corrected chi connectivity index (χ3v) is 23.1. The highest BCUT2D eigenvalue weighted by atomic mass is 19.1. The van der Waals surface area contributed by atoms with E-state index in [2.05, 4.69) is 56.8 Å². The number of hydrogen-bond acceptors (Lipinski definition) is 38. The number of urea groups is 1. The van der Waals surface area contributed by atoms with Gasteiger partial charge in [-0.15, -0.1) is 0 Å². The smallest absolute Gasteiger partial charge is 0.349 e. The Morgan fingerprint density at radius 1 is 0.556 bits per heavy atom. The van der Waals surface area contributed by atoms with Gasteiger partial charge < -0.3 is 134 Å². The first kappa shape index (κ1) is 106. The Balaban J connectivity index is 0.000000166. The lowest BCUT2D eigenvalue weighted by Crippen LogP contribution is -2.55. The summed E-state index contributed by atoms with van der Waals surface area (Å²) in [5.41, 5.74) is 1.00. The van der Waals surface area contributed by atoms with E-state index in [4.69, 9.17) is 62.6 Å². The number of aromatic nitrogens is 10. The number of ketones is 1. The van der Waals surface area contributed by atoms with Gasteiger partial charge in [0, 0.05) is 60.2 Å². The van der Waals surface area contributed by atoms with Crippen LogP contribution in [0.3, 0.4) is 0 Å². The maximum atomic E-state index is 14.6. The molecule has 0 bridgehead atoms. The fourth-order valence-electron chi connectivity index (χ4n) is 16.1. The van der Waals surface area contributed by atoms with E-state index in [1.54, 1.807) is 70.0 Å². The minimum atomic E-state index is -1.61. The monoisotopic (exact) mass is 1880 g/mol. The second-order valence-electron chi connectivity index (χ2n) is 36.5. The molecule has 15 N–H and O–H groups in total. The van der Waals surface area contributed by atoms with E-state index in [9.17, 15) is 84.5 Å². The Morgan fingerprint density at radius 3 is 1.47 bits per heavy atom. The first-order valence-electron chi connectivity index (χ1n) is 44.1. The summed E-state index contributed by atoms with van der Waals surface area (Å²) in [5, 5.41) is 117. The van der Waals surface area contributed by atoms with Crippen LogP contribution in [-0.4, -0.2) is 353 Å². The van der Waals surface area contributed by atoms with Gasteiger partial charge in [-0.3, -0.25) is 42.7 Å². The van der Waals surface area contributed by atoms with Crippen LogP contribution < -0.4 is 28.0 Å². The number of nitrogens with zero attached hydrogens (tertiary/aromatic N) is 14. The average Bonchev–Trinajstić information content (AvgIpc) is 1.75. The number of nitrogens with two attached hydrogens (primary N) is 1. The normalized spacial score (nSPS) is 34.1. The molecule has 6 fully saturated rings. The van der Waals surface area contributed by atoms with E-state index < -0.39 is 181 Å². The van der Waals surface area contributed by atoms with Crippen molar-refractivity contribution in [3.8, 4) is 0 Å². The molecule has 740 valence electrons. The number of Topliss-reactive ketones (excluding diaryl/α,β-unsaturated/α-hetero) is 1. The summed E-state index contributed by atoms with van der Waals surface area (Å²) in [7, 11) is 0. The van der Waals surface area contributed by atoms with Gasteiger partial charge in [0.05, 0.1) is 94.3 Å². The van der Waals surface area contributed by atoms with Crippen molar-refractivity contribution in [2.24, 2.45) is 20.7 Å². The van der Waals surface area contributed by atoms with Crippen LogP contribution in [0, 0.1) is 20.8 Å². The van der Waals surface area contributed by atoms with Crippen LogP contribution in [0.5, 0.6) is 0 Å². The van der Waals surface area contributed by atoms with E-state index in [0.29, 0.717) is 40.1 Å². The molecule has 10 aliphatic rings. The number of allylic oxidation sites excluding steroid dienone is 2. The summed E-state index contributed by atoms with van der Waals surface area (Å²) in [6, 6.07) is 2.48. The van der Waals surface area contributed by atoms with E-state index in [1.165, 1.54) is 94.7 Å². The number of carbonyl (C=O) groups is 2. The van der Waals surface area contributed by atoms with E-state index in [0.717, 1.165) is 0 Å². The van der Waals surface area contributed by atoms with Crippen LogP contribution in [0.1, 0.15) is 184 Å². The number of H-pyrrole nitrogens is 1. The number of aliphatic imine (C=N–C) groups is 3. The minimum Gasteiger partial charge on any atom is -0.400 e. The molecule has 0 aromatic carbocycles. The van der Waals surface area contributed by atoms with Gasteiger partial charge in [0.2, 0.25) is 0 Å². The Labute approximate surface area is 767 Å². The molecule has 5 aromatic rings. The topological polar surface area (TPSA) is 600 Å². The number of aliphatic hydroxyl groups excluding tert-OH is 7. The molecular weight excluding hydrogens is 1750 g/mol. The zero-order valence-corrected chi connectivity index (χ0v) is 78.6. The molecule has 45 nitrogen and oxygen atoms in total. The van der Waals surface area contributed by atoms with E-state index in [1.807, 2.05) is 83.1 Å². The zero-order chi connectivity index (χ0) is 98.4. The molecular formula is C87H132FN17O28. The quantitative estimate of drug-likeness (QED) is 0.0408. The van der Waals surface area contributed by atoms with Gasteiger partial charge in [-0.25, -0.2) is 38.7 Å². The molecule has 133 heavy (non-hydrogen) atoms. The number of rotatable bonds is 24. The van der Waals surface area contributed by atoms with Crippen molar-refractivity contribution in [3.63, 3.8) is 0 Å². The van der Waals surface area contributed by atoms with Crippen LogP contribution >= 0.6 is 0 Å². The lowest BCUT2D eigenvalue weighted by molar-refractivity contribution is -0.123. The molecule has 2 amide bonds. The van der Waals surface area contributed by atoms with Crippen molar-refractivity contribution in [1.82, 2.24) is 63.3 Å². The highest BCUT2D eigenvalue weighted by Crippen LogP contribution is 2.45. The summed E-state index contributed by atoms with van der Waals surface area (Å²) < 4.78 is 87.3. The number of amides is 2. The number of aliphatic hydroxyl groups is 11. The first-order valence-corrected chi connectivity index (χ1v) is 44.1. The van der Waals surface area contributed by atoms with Crippen LogP contribution in [0.25, 0.3) is 11.2 Å². The molecule has 46 heteroatoms. The van der Waals surface area contributed by atoms with Gasteiger partial charge in [-0.2, -0.15) is 9.97 Å². The van der Waals surface area contributed by atoms with Crippen molar-refractivity contribution in [2.75, 3.05) is 26.4 Å². The van der Waals surface area contributed by atoms with E-state index >= 15 is 0 Å². The number of aryl methyl sites for hydroxylation is 3. The molecule has 15 heterocycles. The number of ether oxygens (including phenoxy) is 12. The third kappa shape index (κ3) is 24.2. The van der Waals surface area contributed by atoms with Gasteiger partial charge in [-0.05, 0) is 170 Å². The number of alkyl halides is 1. The van der Waals surface area contributed by atoms with Crippen molar-refractivity contribution in [2.45, 2.75) is 358 Å². The third-order valence-electron chi connectivity index (χ3n) is 23.1. The summed E-state index contributed by atoms with van der Waals surface area (Å²) in [4.78, 5) is 97.7.